The molecule has 0 aliphatic carbocycles. The zero-order chi connectivity index (χ0) is 20.3. The fourth-order valence-corrected chi connectivity index (χ4v) is 3.13. The van der Waals surface area contributed by atoms with Crippen molar-refractivity contribution in [1.82, 2.24) is 9.78 Å². The summed E-state index contributed by atoms with van der Waals surface area (Å²) < 4.78 is 7.50. The van der Waals surface area contributed by atoms with Crippen LogP contribution in [0.4, 0.5) is 5.69 Å². The van der Waals surface area contributed by atoms with Crippen molar-refractivity contribution in [2.24, 2.45) is 7.05 Å². The Balaban J connectivity index is 1.56. The van der Waals surface area contributed by atoms with Crippen LogP contribution < -0.4 is 10.1 Å². The van der Waals surface area contributed by atoms with Gasteiger partial charge in [-0.3, -0.25) is 9.48 Å². The molecule has 0 unspecified atom stereocenters. The van der Waals surface area contributed by atoms with Gasteiger partial charge in [-0.15, -0.1) is 0 Å². The lowest BCUT2D eigenvalue weighted by Crippen LogP contribution is -2.20. The molecule has 28 heavy (non-hydrogen) atoms. The minimum Gasteiger partial charge on any atom is -0.484 e. The summed E-state index contributed by atoms with van der Waals surface area (Å²) in [5.41, 5.74) is 7.78. The van der Waals surface area contributed by atoms with E-state index in [1.165, 1.54) is 22.4 Å². The number of carbonyl (C=O) groups excluding carboxylic acids is 1. The van der Waals surface area contributed by atoms with Gasteiger partial charge < -0.3 is 10.1 Å². The number of aromatic nitrogens is 2. The van der Waals surface area contributed by atoms with Crippen LogP contribution >= 0.6 is 0 Å². The second-order valence-electron chi connectivity index (χ2n) is 7.23. The van der Waals surface area contributed by atoms with Gasteiger partial charge >= 0.3 is 0 Å². The van der Waals surface area contributed by atoms with E-state index in [9.17, 15) is 4.79 Å². The Kier molecular flexibility index (Phi) is 5.83. The maximum Gasteiger partial charge on any atom is 0.262 e. The lowest BCUT2D eigenvalue weighted by molar-refractivity contribution is -0.118. The maximum absolute atomic E-state index is 12.2. The average Bonchev–Trinajstić information content (AvgIpc) is 2.90. The third kappa shape index (κ3) is 4.60. The van der Waals surface area contributed by atoms with E-state index >= 15 is 0 Å². The summed E-state index contributed by atoms with van der Waals surface area (Å²) >= 11 is 0. The molecule has 5 heteroatoms. The molecule has 0 radical (unpaired) electrons. The van der Waals surface area contributed by atoms with Gasteiger partial charge in [0, 0.05) is 30.4 Å². The molecular formula is C23H27N3O2. The number of anilines is 1. The van der Waals surface area contributed by atoms with Gasteiger partial charge in [0.05, 0.1) is 5.69 Å². The van der Waals surface area contributed by atoms with Crippen molar-refractivity contribution in [2.45, 2.75) is 34.1 Å². The van der Waals surface area contributed by atoms with Crippen LogP contribution in [0.1, 0.15) is 33.6 Å². The highest BCUT2D eigenvalue weighted by atomic mass is 16.5. The van der Waals surface area contributed by atoms with Crippen molar-refractivity contribution in [2.75, 3.05) is 11.9 Å². The smallest absolute Gasteiger partial charge is 0.262 e. The third-order valence-corrected chi connectivity index (χ3v) is 5.13. The summed E-state index contributed by atoms with van der Waals surface area (Å²) in [7, 11) is 1.96. The molecule has 0 fully saturated rings. The molecule has 0 atom stereocenters. The quantitative estimate of drug-likeness (QED) is 0.698. The van der Waals surface area contributed by atoms with Crippen molar-refractivity contribution < 1.29 is 9.53 Å². The molecule has 1 amide bonds. The summed E-state index contributed by atoms with van der Waals surface area (Å²) in [5.74, 6) is 0.528. The second-order valence-corrected chi connectivity index (χ2v) is 7.23. The van der Waals surface area contributed by atoms with Gasteiger partial charge in [-0.25, -0.2) is 0 Å². The van der Waals surface area contributed by atoms with Gasteiger partial charge in [0.25, 0.3) is 5.91 Å². The molecule has 0 saturated heterocycles. The van der Waals surface area contributed by atoms with E-state index in [0.29, 0.717) is 5.75 Å². The van der Waals surface area contributed by atoms with E-state index in [4.69, 9.17) is 4.74 Å². The Morgan fingerprint density at radius 2 is 1.75 bits per heavy atom. The number of ether oxygens (including phenoxy) is 1. The highest BCUT2D eigenvalue weighted by molar-refractivity contribution is 5.91. The van der Waals surface area contributed by atoms with Gasteiger partial charge in [0.2, 0.25) is 0 Å². The second kappa shape index (κ2) is 8.30. The number of nitrogens with one attached hydrogen (secondary N) is 1. The van der Waals surface area contributed by atoms with Crippen LogP contribution in [0.5, 0.6) is 5.75 Å². The molecule has 5 nitrogen and oxygen atoms in total. The van der Waals surface area contributed by atoms with Gasteiger partial charge in [0.1, 0.15) is 5.75 Å². The summed E-state index contributed by atoms with van der Waals surface area (Å²) in [4.78, 5) is 12.2. The minimum absolute atomic E-state index is 0.0155. The van der Waals surface area contributed by atoms with Crippen molar-refractivity contribution in [3.8, 4) is 5.75 Å². The van der Waals surface area contributed by atoms with E-state index in [2.05, 4.69) is 17.3 Å². The molecule has 3 rings (SSSR count). The third-order valence-electron chi connectivity index (χ3n) is 5.13. The molecule has 0 spiro atoms. The number of benzene rings is 2. The Hall–Kier alpha value is -3.08. The standard InChI is InChI=1S/C23H27N3O2/c1-15-6-11-21(12-16(15)2)28-14-23(27)24-20-9-7-19(8-10-20)13-22-17(3)25-26(5)18(22)4/h6-12H,13-14H2,1-5H3,(H,24,27). The first-order chi connectivity index (χ1) is 13.3. The predicted octanol–water partition coefficient (Wildman–Crippen LogP) is 4.26. The molecule has 1 N–H and O–H groups in total. The highest BCUT2D eigenvalue weighted by Gasteiger charge is 2.10. The summed E-state index contributed by atoms with van der Waals surface area (Å²) in [6.07, 6.45) is 0.829. The number of amides is 1. The van der Waals surface area contributed by atoms with Gasteiger partial charge in [-0.05, 0) is 68.7 Å². The number of aryl methyl sites for hydroxylation is 4. The number of nitrogens with zero attached hydrogens (tertiary/aromatic N) is 2. The highest BCUT2D eigenvalue weighted by Crippen LogP contribution is 2.19. The zero-order valence-corrected chi connectivity index (χ0v) is 17.2. The molecule has 0 bridgehead atoms. The van der Waals surface area contributed by atoms with Gasteiger partial charge in [0.15, 0.2) is 6.61 Å². The molecule has 1 aromatic heterocycles. The van der Waals surface area contributed by atoms with Crippen LogP contribution in [0, 0.1) is 27.7 Å². The number of hydrogen-bond donors (Lipinski definition) is 1. The lowest BCUT2D eigenvalue weighted by Gasteiger charge is -2.10. The Morgan fingerprint density at radius 1 is 1.04 bits per heavy atom. The lowest BCUT2D eigenvalue weighted by atomic mass is 10.0. The molecular weight excluding hydrogens is 350 g/mol. The Morgan fingerprint density at radius 3 is 2.36 bits per heavy atom. The van der Waals surface area contributed by atoms with E-state index in [1.807, 2.05) is 75.0 Å². The fourth-order valence-electron chi connectivity index (χ4n) is 3.13. The average molecular weight is 377 g/mol. The largest absolute Gasteiger partial charge is 0.484 e. The summed E-state index contributed by atoms with van der Waals surface area (Å²) in [6, 6.07) is 13.7. The van der Waals surface area contributed by atoms with Gasteiger partial charge in [-0.1, -0.05) is 18.2 Å². The summed E-state index contributed by atoms with van der Waals surface area (Å²) in [5, 5.41) is 7.34. The van der Waals surface area contributed by atoms with Crippen molar-refractivity contribution in [3.63, 3.8) is 0 Å². The topological polar surface area (TPSA) is 56.1 Å². The van der Waals surface area contributed by atoms with Crippen LogP contribution in [-0.2, 0) is 18.3 Å². The monoisotopic (exact) mass is 377 g/mol. The molecule has 0 saturated carbocycles. The van der Waals surface area contributed by atoms with E-state index in [0.717, 1.165) is 23.4 Å². The number of hydrogen-bond acceptors (Lipinski definition) is 3. The Labute approximate surface area is 166 Å². The molecule has 2 aromatic carbocycles. The van der Waals surface area contributed by atoms with Crippen LogP contribution in [0.15, 0.2) is 42.5 Å². The maximum atomic E-state index is 12.2. The normalized spacial score (nSPS) is 10.8. The first-order valence-corrected chi connectivity index (χ1v) is 9.41. The van der Waals surface area contributed by atoms with E-state index in [1.54, 1.807) is 0 Å². The van der Waals surface area contributed by atoms with Crippen LogP contribution in [0.25, 0.3) is 0 Å². The van der Waals surface area contributed by atoms with Crippen molar-refractivity contribution in [3.05, 3.63) is 76.1 Å². The number of carbonyl (C=O) groups is 1. The van der Waals surface area contributed by atoms with Crippen LogP contribution in [-0.4, -0.2) is 22.3 Å². The van der Waals surface area contributed by atoms with E-state index < -0.39 is 0 Å². The molecule has 0 aliphatic heterocycles. The van der Waals surface area contributed by atoms with Crippen LogP contribution in [0.2, 0.25) is 0 Å². The SMILES string of the molecule is Cc1ccc(OCC(=O)Nc2ccc(Cc3c(C)nn(C)c3C)cc2)cc1C. The predicted molar refractivity (Wildman–Crippen MR) is 112 cm³/mol. The minimum atomic E-state index is -0.176. The zero-order valence-electron chi connectivity index (χ0n) is 17.2. The van der Waals surface area contributed by atoms with Gasteiger partial charge in [-0.2, -0.15) is 5.10 Å². The molecule has 146 valence electrons. The molecule has 3 aromatic rings. The van der Waals surface area contributed by atoms with Crippen molar-refractivity contribution >= 4 is 11.6 Å². The van der Waals surface area contributed by atoms with E-state index in [-0.39, 0.29) is 12.5 Å². The Bertz CT molecular complexity index is 988. The molecule has 0 aliphatic rings. The number of rotatable bonds is 6. The van der Waals surface area contributed by atoms with Crippen LogP contribution in [0.3, 0.4) is 0 Å². The first kappa shape index (κ1) is 19.7. The van der Waals surface area contributed by atoms with Crippen molar-refractivity contribution in [1.29, 1.82) is 0 Å². The molecule has 1 heterocycles. The summed E-state index contributed by atoms with van der Waals surface area (Å²) in [6.45, 7) is 8.18. The first-order valence-electron chi connectivity index (χ1n) is 9.41. The fraction of sp³-hybridized carbons (Fsp3) is 0.304.